The van der Waals surface area contributed by atoms with Gasteiger partial charge in [-0.3, -0.25) is 14.4 Å². The normalized spacial score (nSPS) is 12.8. The van der Waals surface area contributed by atoms with Crippen LogP contribution in [0.25, 0.3) is 0 Å². The van der Waals surface area contributed by atoms with Crippen molar-refractivity contribution in [1.82, 2.24) is 0 Å². The third-order valence-electron chi connectivity index (χ3n) is 15.3. The molecule has 1 atom stereocenters. The summed E-state index contributed by atoms with van der Waals surface area (Å²) in [6, 6.07) is 0. The minimum absolute atomic E-state index is 0.108. The Morgan fingerprint density at radius 1 is 0.265 bits per heavy atom. The molecule has 0 amide bonds. The van der Waals surface area contributed by atoms with Gasteiger partial charge in [-0.25, -0.2) is 0 Å². The Labute approximate surface area is 514 Å². The van der Waals surface area contributed by atoms with Gasteiger partial charge in [0.1, 0.15) is 13.2 Å². The monoisotopic (exact) mass is 1150 g/mol. The number of ether oxygens (including phenoxy) is 3. The summed E-state index contributed by atoms with van der Waals surface area (Å²) >= 11 is 0. The summed E-state index contributed by atoms with van der Waals surface area (Å²) in [6.45, 7) is 6.44. The molecule has 0 aliphatic rings. The van der Waals surface area contributed by atoms with Gasteiger partial charge in [0.25, 0.3) is 0 Å². The number of carbonyl (C=O) groups is 3. The minimum Gasteiger partial charge on any atom is -0.462 e. The molecule has 0 spiro atoms. The highest BCUT2D eigenvalue weighted by Crippen LogP contribution is 2.17. The van der Waals surface area contributed by atoms with Crippen LogP contribution in [0, 0.1) is 0 Å². The summed E-state index contributed by atoms with van der Waals surface area (Å²) in [5.74, 6) is -1.03. The van der Waals surface area contributed by atoms with Crippen LogP contribution in [-0.4, -0.2) is 37.2 Å². The van der Waals surface area contributed by atoms with Crippen molar-refractivity contribution in [3.8, 4) is 0 Å². The van der Waals surface area contributed by atoms with Crippen molar-refractivity contribution in [3.05, 3.63) is 109 Å². The highest BCUT2D eigenvalue weighted by atomic mass is 16.6. The molecule has 0 N–H and O–H groups in total. The smallest absolute Gasteiger partial charge is 0.309 e. The van der Waals surface area contributed by atoms with Gasteiger partial charge in [-0.05, 0) is 109 Å². The van der Waals surface area contributed by atoms with Gasteiger partial charge in [0.05, 0.1) is 6.42 Å². The Morgan fingerprint density at radius 2 is 0.518 bits per heavy atom. The molecule has 0 saturated carbocycles. The van der Waals surface area contributed by atoms with Crippen LogP contribution in [0.4, 0.5) is 0 Å². The molecule has 0 radical (unpaired) electrons. The fourth-order valence-electron chi connectivity index (χ4n) is 9.99. The topological polar surface area (TPSA) is 78.9 Å². The molecule has 0 saturated heterocycles. The number of hydrogen-bond acceptors (Lipinski definition) is 6. The first-order chi connectivity index (χ1) is 41.0. The quantitative estimate of drug-likeness (QED) is 0.0261. The average Bonchev–Trinajstić information content (AvgIpc) is 3.50. The van der Waals surface area contributed by atoms with Crippen LogP contribution >= 0.6 is 0 Å². The zero-order chi connectivity index (χ0) is 59.9. The maximum Gasteiger partial charge on any atom is 0.309 e. The van der Waals surface area contributed by atoms with E-state index in [0.29, 0.717) is 12.8 Å². The predicted molar refractivity (Wildman–Crippen MR) is 362 cm³/mol. The molecule has 0 aliphatic heterocycles. The van der Waals surface area contributed by atoms with Gasteiger partial charge in [0.15, 0.2) is 6.10 Å². The lowest BCUT2D eigenvalue weighted by Gasteiger charge is -2.18. The second-order valence-corrected chi connectivity index (χ2v) is 23.4. The Hall–Kier alpha value is -3.93. The molecular formula is C77H132O6. The maximum atomic E-state index is 12.9. The van der Waals surface area contributed by atoms with Crippen LogP contribution in [0.2, 0.25) is 0 Å². The number of unbranched alkanes of at least 4 members (excludes halogenated alkanes) is 36. The van der Waals surface area contributed by atoms with Gasteiger partial charge in [-0.2, -0.15) is 0 Å². The van der Waals surface area contributed by atoms with Crippen molar-refractivity contribution in [2.75, 3.05) is 13.2 Å². The van der Waals surface area contributed by atoms with Gasteiger partial charge in [0, 0.05) is 12.8 Å². The standard InChI is InChI=1S/C77H132O6/c1-4-7-10-13-16-19-22-25-28-30-32-33-34-35-36-37-38-39-40-41-42-43-45-46-49-52-55-58-61-64-67-70-76(79)82-73-74(72-81-75(78)69-66-63-60-57-54-51-48-27-24-21-18-15-12-9-6-3)83-77(80)71-68-65-62-59-56-53-50-47-44-31-29-26-23-20-17-14-11-8-5-2/h9,12,17-18,20-22,25-27,29-30,32,48,54,57,63,66,74H,4-8,10-11,13-16,19,23-24,28,31,33-47,49-53,55-56,58-62,64-65,67-73H2,1-3H3/b12-9-,20-17-,21-18-,25-22-,29-26-,32-30-,48-27-,57-54-,66-63-. The molecule has 0 bridgehead atoms. The van der Waals surface area contributed by atoms with Gasteiger partial charge >= 0.3 is 17.9 Å². The van der Waals surface area contributed by atoms with Gasteiger partial charge < -0.3 is 14.2 Å². The zero-order valence-corrected chi connectivity index (χ0v) is 54.7. The highest BCUT2D eigenvalue weighted by Gasteiger charge is 2.19. The fraction of sp³-hybridized carbons (Fsp3) is 0.727. The van der Waals surface area contributed by atoms with Crippen molar-refractivity contribution in [3.63, 3.8) is 0 Å². The van der Waals surface area contributed by atoms with E-state index < -0.39 is 12.1 Å². The number of allylic oxidation sites excluding steroid dienone is 17. The lowest BCUT2D eigenvalue weighted by atomic mass is 10.0. The molecule has 6 heteroatoms. The zero-order valence-electron chi connectivity index (χ0n) is 54.7. The van der Waals surface area contributed by atoms with E-state index in [0.717, 1.165) is 83.5 Å². The van der Waals surface area contributed by atoms with Crippen molar-refractivity contribution < 1.29 is 28.6 Å². The molecular weight excluding hydrogens is 1020 g/mol. The first-order valence-electron chi connectivity index (χ1n) is 35.4. The van der Waals surface area contributed by atoms with E-state index in [2.05, 4.69) is 118 Å². The Balaban J connectivity index is 4.28. The molecule has 0 aromatic rings. The number of rotatable bonds is 64. The van der Waals surface area contributed by atoms with Crippen LogP contribution in [0.1, 0.15) is 342 Å². The van der Waals surface area contributed by atoms with Crippen molar-refractivity contribution >= 4 is 17.9 Å². The van der Waals surface area contributed by atoms with E-state index in [1.165, 1.54) is 218 Å². The van der Waals surface area contributed by atoms with Crippen molar-refractivity contribution in [2.45, 2.75) is 348 Å². The summed E-state index contributed by atoms with van der Waals surface area (Å²) in [4.78, 5) is 38.3. The lowest BCUT2D eigenvalue weighted by Crippen LogP contribution is -2.30. The van der Waals surface area contributed by atoms with E-state index in [1.54, 1.807) is 6.08 Å². The molecule has 0 aliphatic carbocycles. The Bertz CT molecular complexity index is 1660. The molecule has 0 rings (SSSR count). The van der Waals surface area contributed by atoms with Gasteiger partial charge in [-0.15, -0.1) is 0 Å². The van der Waals surface area contributed by atoms with E-state index >= 15 is 0 Å². The lowest BCUT2D eigenvalue weighted by molar-refractivity contribution is -0.166. The molecule has 83 heavy (non-hydrogen) atoms. The van der Waals surface area contributed by atoms with Crippen LogP contribution in [-0.2, 0) is 28.6 Å². The third-order valence-corrected chi connectivity index (χ3v) is 15.3. The number of esters is 3. The van der Waals surface area contributed by atoms with Gasteiger partial charge in [0.2, 0.25) is 0 Å². The summed E-state index contributed by atoms with van der Waals surface area (Å²) < 4.78 is 16.9. The Kier molecular flexibility index (Phi) is 67.2. The largest absolute Gasteiger partial charge is 0.462 e. The molecule has 0 fully saturated rings. The van der Waals surface area contributed by atoms with Crippen LogP contribution in [0.3, 0.4) is 0 Å². The highest BCUT2D eigenvalue weighted by molar-refractivity contribution is 5.72. The van der Waals surface area contributed by atoms with Crippen LogP contribution in [0.15, 0.2) is 109 Å². The van der Waals surface area contributed by atoms with Crippen molar-refractivity contribution in [1.29, 1.82) is 0 Å². The molecule has 476 valence electrons. The number of hydrogen-bond donors (Lipinski definition) is 0. The fourth-order valence-corrected chi connectivity index (χ4v) is 9.99. The van der Waals surface area contributed by atoms with Crippen molar-refractivity contribution in [2.24, 2.45) is 0 Å². The Morgan fingerprint density at radius 3 is 0.867 bits per heavy atom. The molecule has 1 unspecified atom stereocenters. The van der Waals surface area contributed by atoms with Crippen LogP contribution < -0.4 is 0 Å². The second kappa shape index (κ2) is 70.6. The molecule has 0 heterocycles. The summed E-state index contributed by atoms with van der Waals surface area (Å²) in [6.07, 6.45) is 97.2. The first kappa shape index (κ1) is 79.1. The first-order valence-corrected chi connectivity index (χ1v) is 35.4. The summed E-state index contributed by atoms with van der Waals surface area (Å²) in [5, 5.41) is 0. The molecule has 0 aromatic heterocycles. The molecule has 6 nitrogen and oxygen atoms in total. The van der Waals surface area contributed by atoms with E-state index in [1.807, 2.05) is 6.08 Å². The second-order valence-electron chi connectivity index (χ2n) is 23.4. The van der Waals surface area contributed by atoms with Crippen LogP contribution in [0.5, 0.6) is 0 Å². The van der Waals surface area contributed by atoms with E-state index in [-0.39, 0.29) is 31.6 Å². The minimum atomic E-state index is -0.822. The van der Waals surface area contributed by atoms with Gasteiger partial charge in [-0.1, -0.05) is 323 Å². The average molecular weight is 1150 g/mol. The summed E-state index contributed by atoms with van der Waals surface area (Å²) in [7, 11) is 0. The van der Waals surface area contributed by atoms with E-state index in [9.17, 15) is 14.4 Å². The maximum absolute atomic E-state index is 12.9. The molecule has 0 aromatic carbocycles. The third kappa shape index (κ3) is 68.7. The van der Waals surface area contributed by atoms with E-state index in [4.69, 9.17) is 14.2 Å². The number of carbonyl (C=O) groups excluding carboxylic acids is 3. The SMILES string of the molecule is CC/C=C\C/C=C\C/C=C\C/C=C\C/C=C\CC(=O)OCC(COC(=O)CCCCCCCCCCCCCCCCCCCCC/C=C\C/C=C\CCCCCCC)OC(=O)CCCCCCCCCCC/C=C\C/C=C\CCCCC. The summed E-state index contributed by atoms with van der Waals surface area (Å²) in [5.41, 5.74) is 0. The predicted octanol–water partition coefficient (Wildman–Crippen LogP) is 24.6.